The fraction of sp³-hybridized carbons (Fsp3) is 0.500. The maximum absolute atomic E-state index is 11.8. The summed E-state index contributed by atoms with van der Waals surface area (Å²) in [6, 6.07) is 5.82. The summed E-state index contributed by atoms with van der Waals surface area (Å²) in [6.07, 6.45) is 2.59. The SMILES string of the molecule is CCCN(C)C(=O)Oc1ccc2c(c1)C(N)CC2.Cl. The lowest BCUT2D eigenvalue weighted by Crippen LogP contribution is -2.30. The van der Waals surface area contributed by atoms with Gasteiger partial charge in [-0.3, -0.25) is 0 Å². The highest BCUT2D eigenvalue weighted by atomic mass is 35.5. The van der Waals surface area contributed by atoms with Gasteiger partial charge in [0.1, 0.15) is 5.75 Å². The largest absolute Gasteiger partial charge is 0.414 e. The molecule has 1 aliphatic rings. The van der Waals surface area contributed by atoms with Gasteiger partial charge in [-0.2, -0.15) is 0 Å². The smallest absolute Gasteiger partial charge is 0.410 e. The number of rotatable bonds is 3. The predicted molar refractivity (Wildman–Crippen MR) is 77.9 cm³/mol. The summed E-state index contributed by atoms with van der Waals surface area (Å²) in [5.74, 6) is 0.582. The molecule has 1 aromatic carbocycles. The van der Waals surface area contributed by atoms with Crippen molar-refractivity contribution in [3.8, 4) is 5.75 Å². The third-order valence-electron chi connectivity index (χ3n) is 3.32. The second kappa shape index (κ2) is 6.78. The summed E-state index contributed by atoms with van der Waals surface area (Å²) < 4.78 is 5.33. The molecule has 19 heavy (non-hydrogen) atoms. The monoisotopic (exact) mass is 284 g/mol. The summed E-state index contributed by atoms with van der Waals surface area (Å²) in [7, 11) is 1.74. The highest BCUT2D eigenvalue weighted by molar-refractivity contribution is 5.85. The zero-order valence-electron chi connectivity index (χ0n) is 11.4. The Morgan fingerprint density at radius 1 is 1.53 bits per heavy atom. The van der Waals surface area contributed by atoms with Gasteiger partial charge in [0.25, 0.3) is 0 Å². The second-order valence-electron chi connectivity index (χ2n) is 4.80. The third-order valence-corrected chi connectivity index (χ3v) is 3.32. The van der Waals surface area contributed by atoms with Crippen LogP contribution in [-0.2, 0) is 6.42 Å². The second-order valence-corrected chi connectivity index (χ2v) is 4.80. The van der Waals surface area contributed by atoms with Gasteiger partial charge in [0.05, 0.1) is 0 Å². The number of halogens is 1. The minimum Gasteiger partial charge on any atom is -0.410 e. The number of carbonyl (C=O) groups is 1. The summed E-state index contributed by atoms with van der Waals surface area (Å²) >= 11 is 0. The quantitative estimate of drug-likeness (QED) is 0.928. The minimum atomic E-state index is -0.316. The Kier molecular flexibility index (Phi) is 5.63. The van der Waals surface area contributed by atoms with Crippen LogP contribution in [0, 0.1) is 0 Å². The molecule has 1 atom stereocenters. The van der Waals surface area contributed by atoms with Gasteiger partial charge in [0, 0.05) is 19.6 Å². The maximum Gasteiger partial charge on any atom is 0.414 e. The first-order chi connectivity index (χ1) is 8.61. The Balaban J connectivity index is 0.00000180. The van der Waals surface area contributed by atoms with Crippen LogP contribution in [0.3, 0.4) is 0 Å². The fourth-order valence-corrected chi connectivity index (χ4v) is 2.28. The number of nitrogens with zero attached hydrogens (tertiary/aromatic N) is 1. The Morgan fingerprint density at radius 2 is 2.26 bits per heavy atom. The molecular weight excluding hydrogens is 264 g/mol. The molecule has 0 saturated heterocycles. The van der Waals surface area contributed by atoms with Crippen molar-refractivity contribution in [1.29, 1.82) is 0 Å². The Morgan fingerprint density at radius 3 is 2.95 bits per heavy atom. The molecule has 1 unspecified atom stereocenters. The Hall–Kier alpha value is -1.26. The van der Waals surface area contributed by atoms with Gasteiger partial charge in [0.15, 0.2) is 0 Å². The molecule has 0 radical (unpaired) electrons. The first-order valence-electron chi connectivity index (χ1n) is 6.43. The highest BCUT2D eigenvalue weighted by Gasteiger charge is 2.20. The Labute approximate surface area is 120 Å². The van der Waals surface area contributed by atoms with Gasteiger partial charge in [-0.05, 0) is 42.5 Å². The molecule has 1 aliphatic carbocycles. The van der Waals surface area contributed by atoms with E-state index in [0.29, 0.717) is 12.3 Å². The van der Waals surface area contributed by atoms with Crippen LogP contribution in [0.25, 0.3) is 0 Å². The molecule has 106 valence electrons. The molecule has 0 saturated carbocycles. The zero-order chi connectivity index (χ0) is 13.1. The normalized spacial score (nSPS) is 16.5. The van der Waals surface area contributed by atoms with Crippen LogP contribution in [0.5, 0.6) is 5.75 Å². The van der Waals surface area contributed by atoms with Crippen molar-refractivity contribution >= 4 is 18.5 Å². The fourth-order valence-electron chi connectivity index (χ4n) is 2.28. The van der Waals surface area contributed by atoms with E-state index in [-0.39, 0.29) is 24.5 Å². The van der Waals surface area contributed by atoms with Gasteiger partial charge in [-0.15, -0.1) is 12.4 Å². The molecule has 0 bridgehead atoms. The lowest BCUT2D eigenvalue weighted by atomic mass is 10.1. The molecule has 5 heteroatoms. The van der Waals surface area contributed by atoms with Crippen molar-refractivity contribution in [3.63, 3.8) is 0 Å². The number of fused-ring (bicyclic) bond motifs is 1. The number of amides is 1. The molecule has 0 aromatic heterocycles. The molecular formula is C14H21ClN2O2. The van der Waals surface area contributed by atoms with Crippen molar-refractivity contribution in [2.45, 2.75) is 32.2 Å². The highest BCUT2D eigenvalue weighted by Crippen LogP contribution is 2.32. The van der Waals surface area contributed by atoms with E-state index in [1.165, 1.54) is 5.56 Å². The van der Waals surface area contributed by atoms with Crippen LogP contribution in [-0.4, -0.2) is 24.6 Å². The molecule has 2 N–H and O–H groups in total. The molecule has 0 fully saturated rings. The number of hydrogen-bond donors (Lipinski definition) is 1. The summed E-state index contributed by atoms with van der Waals surface area (Å²) in [6.45, 7) is 2.72. The van der Waals surface area contributed by atoms with E-state index in [1.807, 2.05) is 25.1 Å². The number of ether oxygens (including phenoxy) is 1. The van der Waals surface area contributed by atoms with Crippen molar-refractivity contribution in [3.05, 3.63) is 29.3 Å². The summed E-state index contributed by atoms with van der Waals surface area (Å²) in [5.41, 5.74) is 8.38. The van der Waals surface area contributed by atoms with Gasteiger partial charge in [0.2, 0.25) is 0 Å². The molecule has 0 spiro atoms. The summed E-state index contributed by atoms with van der Waals surface area (Å²) in [5, 5.41) is 0. The van der Waals surface area contributed by atoms with Gasteiger partial charge < -0.3 is 15.4 Å². The van der Waals surface area contributed by atoms with Crippen molar-refractivity contribution in [2.24, 2.45) is 5.73 Å². The van der Waals surface area contributed by atoms with Gasteiger partial charge in [-0.25, -0.2) is 4.79 Å². The number of nitrogens with two attached hydrogens (primary N) is 1. The average molecular weight is 285 g/mol. The maximum atomic E-state index is 11.8. The standard InChI is InChI=1S/C14H20N2O2.ClH/c1-3-8-16(2)14(17)18-11-6-4-10-5-7-13(15)12(10)9-11;/h4,6,9,13H,3,5,7-8,15H2,1-2H3;1H. The number of carbonyl (C=O) groups excluding carboxylic acids is 1. The van der Waals surface area contributed by atoms with Crippen LogP contribution in [0.2, 0.25) is 0 Å². The van der Waals surface area contributed by atoms with Crippen molar-refractivity contribution in [2.75, 3.05) is 13.6 Å². The Bertz CT molecular complexity index is 451. The molecule has 1 amide bonds. The summed E-state index contributed by atoms with van der Waals surface area (Å²) in [4.78, 5) is 13.3. The van der Waals surface area contributed by atoms with Crippen LogP contribution in [0.15, 0.2) is 18.2 Å². The van der Waals surface area contributed by atoms with E-state index < -0.39 is 0 Å². The van der Waals surface area contributed by atoms with Crippen LogP contribution in [0.1, 0.15) is 36.9 Å². The molecule has 4 nitrogen and oxygen atoms in total. The first-order valence-corrected chi connectivity index (χ1v) is 6.43. The predicted octanol–water partition coefficient (Wildman–Crippen LogP) is 2.90. The molecule has 1 aromatic rings. The topological polar surface area (TPSA) is 55.6 Å². The molecule has 0 aliphatic heterocycles. The number of aryl methyl sites for hydroxylation is 1. The van der Waals surface area contributed by atoms with Crippen LogP contribution >= 0.6 is 12.4 Å². The van der Waals surface area contributed by atoms with Crippen molar-refractivity contribution in [1.82, 2.24) is 4.90 Å². The van der Waals surface area contributed by atoms with Crippen LogP contribution < -0.4 is 10.5 Å². The minimum absolute atomic E-state index is 0. The van der Waals surface area contributed by atoms with Gasteiger partial charge in [-0.1, -0.05) is 13.0 Å². The zero-order valence-corrected chi connectivity index (χ0v) is 12.2. The van der Waals surface area contributed by atoms with Crippen LogP contribution in [0.4, 0.5) is 4.79 Å². The van der Waals surface area contributed by atoms with E-state index in [9.17, 15) is 4.79 Å². The van der Waals surface area contributed by atoms with E-state index in [2.05, 4.69) is 0 Å². The molecule has 0 heterocycles. The van der Waals surface area contributed by atoms with Crippen molar-refractivity contribution < 1.29 is 9.53 Å². The van der Waals surface area contributed by atoms with Gasteiger partial charge >= 0.3 is 6.09 Å². The lowest BCUT2D eigenvalue weighted by molar-refractivity contribution is 0.163. The number of hydrogen-bond acceptors (Lipinski definition) is 3. The third kappa shape index (κ3) is 3.61. The average Bonchev–Trinajstić information content (AvgIpc) is 2.71. The number of benzene rings is 1. The molecule has 2 rings (SSSR count). The van der Waals surface area contributed by atoms with E-state index in [1.54, 1.807) is 11.9 Å². The first kappa shape index (κ1) is 15.8. The van der Waals surface area contributed by atoms with E-state index in [0.717, 1.165) is 24.8 Å². The van der Waals surface area contributed by atoms with E-state index >= 15 is 0 Å². The van der Waals surface area contributed by atoms with E-state index in [4.69, 9.17) is 10.5 Å². The lowest BCUT2D eigenvalue weighted by Gasteiger charge is -2.16.